The lowest BCUT2D eigenvalue weighted by atomic mass is 9.92. The van der Waals surface area contributed by atoms with Crippen LogP contribution in [0.1, 0.15) is 30.4 Å². The van der Waals surface area contributed by atoms with Crippen LogP contribution in [0.25, 0.3) is 0 Å². The van der Waals surface area contributed by atoms with E-state index in [1.54, 1.807) is 19.2 Å². The molecule has 0 unspecified atom stereocenters. The summed E-state index contributed by atoms with van der Waals surface area (Å²) >= 11 is 0. The van der Waals surface area contributed by atoms with Crippen LogP contribution in [0.5, 0.6) is 5.75 Å². The van der Waals surface area contributed by atoms with Gasteiger partial charge in [-0.1, -0.05) is 36.4 Å². The van der Waals surface area contributed by atoms with Crippen LogP contribution in [0.2, 0.25) is 0 Å². The van der Waals surface area contributed by atoms with Crippen LogP contribution in [-0.2, 0) is 21.2 Å². The summed E-state index contributed by atoms with van der Waals surface area (Å²) in [4.78, 5) is 0.357. The van der Waals surface area contributed by atoms with E-state index in [1.807, 2.05) is 43.3 Å². The molecule has 2 aromatic carbocycles. The second-order valence-corrected chi connectivity index (χ2v) is 9.13. The Bertz CT molecular complexity index is 883. The molecule has 0 radical (unpaired) electrons. The highest BCUT2D eigenvalue weighted by Gasteiger charge is 2.36. The van der Waals surface area contributed by atoms with Crippen molar-refractivity contribution in [3.63, 3.8) is 0 Å². The molecule has 1 fully saturated rings. The molecule has 2 atom stereocenters. The summed E-state index contributed by atoms with van der Waals surface area (Å²) in [6, 6.07) is 14.7. The molecule has 1 aliphatic carbocycles. The summed E-state index contributed by atoms with van der Waals surface area (Å²) in [5.41, 5.74) is 2.72. The first-order valence-corrected chi connectivity index (χ1v) is 10.7. The molecule has 2 aromatic rings. The molecule has 27 heavy (non-hydrogen) atoms. The molecular weight excluding hydrogens is 360 g/mol. The van der Waals surface area contributed by atoms with Gasteiger partial charge in [0.25, 0.3) is 0 Å². The predicted molar refractivity (Wildman–Crippen MR) is 107 cm³/mol. The highest BCUT2D eigenvalue weighted by molar-refractivity contribution is 7.92. The molecule has 1 aliphatic rings. The minimum absolute atomic E-state index is 0.244. The fourth-order valence-corrected chi connectivity index (χ4v) is 5.29. The Labute approximate surface area is 161 Å². The summed E-state index contributed by atoms with van der Waals surface area (Å²) in [6.45, 7) is 6.47. The summed E-state index contributed by atoms with van der Waals surface area (Å²) in [6.07, 6.45) is 1.96. The van der Waals surface area contributed by atoms with Crippen molar-refractivity contribution in [3.8, 4) is 5.75 Å². The molecular formula is C22H26O4S. The molecule has 4 nitrogen and oxygen atoms in total. The standard InChI is InChI=1S/C22H26O4S/c1-16-7-13-20(14-8-16)27(23,24)22-6-4-5-21(17(22)2)26-15-18-9-11-19(25-3)12-10-18/h7-14,21-22H,2,4-6,15H2,1,3H3/t21-,22-/m0/s1. The highest BCUT2D eigenvalue weighted by atomic mass is 32.2. The molecule has 0 aliphatic heterocycles. The molecule has 144 valence electrons. The first-order chi connectivity index (χ1) is 12.9. The van der Waals surface area contributed by atoms with Gasteiger partial charge in [0, 0.05) is 0 Å². The number of aryl methyl sites for hydroxylation is 1. The summed E-state index contributed by atoms with van der Waals surface area (Å²) < 4.78 is 37.3. The van der Waals surface area contributed by atoms with Crippen LogP contribution in [0.3, 0.4) is 0 Å². The molecule has 0 spiro atoms. The van der Waals surface area contributed by atoms with E-state index in [0.717, 1.165) is 29.7 Å². The third kappa shape index (κ3) is 4.42. The number of rotatable bonds is 6. The monoisotopic (exact) mass is 386 g/mol. The Kier molecular flexibility index (Phi) is 6.02. The van der Waals surface area contributed by atoms with E-state index in [-0.39, 0.29) is 6.10 Å². The van der Waals surface area contributed by atoms with E-state index in [1.165, 1.54) is 0 Å². The summed E-state index contributed by atoms with van der Waals surface area (Å²) in [5.74, 6) is 0.796. The van der Waals surface area contributed by atoms with Crippen molar-refractivity contribution in [1.29, 1.82) is 0 Å². The van der Waals surface area contributed by atoms with Crippen LogP contribution >= 0.6 is 0 Å². The lowest BCUT2D eigenvalue weighted by Crippen LogP contribution is -2.34. The zero-order chi connectivity index (χ0) is 19.4. The largest absolute Gasteiger partial charge is 0.497 e. The number of hydrogen-bond donors (Lipinski definition) is 0. The topological polar surface area (TPSA) is 52.6 Å². The molecule has 5 heteroatoms. The first kappa shape index (κ1) is 19.6. The number of sulfone groups is 1. The van der Waals surface area contributed by atoms with Gasteiger partial charge < -0.3 is 9.47 Å². The Hall–Kier alpha value is -2.11. The molecule has 0 aromatic heterocycles. The number of methoxy groups -OCH3 is 1. The van der Waals surface area contributed by atoms with Gasteiger partial charge >= 0.3 is 0 Å². The number of benzene rings is 2. The van der Waals surface area contributed by atoms with Crippen LogP contribution in [0.4, 0.5) is 0 Å². The van der Waals surface area contributed by atoms with E-state index >= 15 is 0 Å². The fraction of sp³-hybridized carbons (Fsp3) is 0.364. The van der Waals surface area contributed by atoms with Crippen molar-refractivity contribution in [2.24, 2.45) is 0 Å². The minimum atomic E-state index is -3.45. The Morgan fingerprint density at radius 1 is 1.04 bits per heavy atom. The Morgan fingerprint density at radius 2 is 1.70 bits per heavy atom. The smallest absolute Gasteiger partial charge is 0.185 e. The lowest BCUT2D eigenvalue weighted by Gasteiger charge is -2.31. The highest BCUT2D eigenvalue weighted by Crippen LogP contribution is 2.34. The van der Waals surface area contributed by atoms with Crippen molar-refractivity contribution in [2.45, 2.75) is 49.0 Å². The van der Waals surface area contributed by atoms with E-state index in [2.05, 4.69) is 6.58 Å². The van der Waals surface area contributed by atoms with Crippen molar-refractivity contribution in [2.75, 3.05) is 7.11 Å². The minimum Gasteiger partial charge on any atom is -0.497 e. The fourth-order valence-electron chi connectivity index (χ4n) is 3.42. The van der Waals surface area contributed by atoms with Crippen LogP contribution < -0.4 is 4.74 Å². The first-order valence-electron chi connectivity index (χ1n) is 9.15. The van der Waals surface area contributed by atoms with Gasteiger partial charge in [0.05, 0.1) is 30.0 Å². The van der Waals surface area contributed by atoms with Crippen LogP contribution in [-0.4, -0.2) is 26.9 Å². The van der Waals surface area contributed by atoms with Gasteiger partial charge in [0.15, 0.2) is 9.84 Å². The molecule has 0 bridgehead atoms. The lowest BCUT2D eigenvalue weighted by molar-refractivity contribution is 0.0490. The second kappa shape index (κ2) is 8.28. The second-order valence-electron chi connectivity index (χ2n) is 7.00. The number of ether oxygens (including phenoxy) is 2. The van der Waals surface area contributed by atoms with Gasteiger partial charge in [-0.3, -0.25) is 0 Å². The zero-order valence-electron chi connectivity index (χ0n) is 15.9. The normalized spacial score (nSPS) is 20.4. The van der Waals surface area contributed by atoms with Crippen LogP contribution in [0.15, 0.2) is 65.6 Å². The SMILES string of the molecule is C=C1[C@@H](OCc2ccc(OC)cc2)CCC[C@@H]1S(=O)(=O)c1ccc(C)cc1. The number of hydrogen-bond acceptors (Lipinski definition) is 4. The quantitative estimate of drug-likeness (QED) is 0.687. The van der Waals surface area contributed by atoms with Gasteiger partial charge in [0.1, 0.15) is 5.75 Å². The zero-order valence-corrected chi connectivity index (χ0v) is 16.7. The van der Waals surface area contributed by atoms with Crippen molar-refractivity contribution < 1.29 is 17.9 Å². The molecule has 0 saturated heterocycles. The average Bonchev–Trinajstić information content (AvgIpc) is 2.68. The van der Waals surface area contributed by atoms with E-state index < -0.39 is 15.1 Å². The summed E-state index contributed by atoms with van der Waals surface area (Å²) in [7, 11) is -1.82. The van der Waals surface area contributed by atoms with E-state index in [0.29, 0.717) is 23.5 Å². The molecule has 1 saturated carbocycles. The predicted octanol–water partition coefficient (Wildman–Crippen LogP) is 4.47. The maximum Gasteiger partial charge on any atom is 0.185 e. The van der Waals surface area contributed by atoms with Crippen molar-refractivity contribution in [3.05, 3.63) is 71.8 Å². The van der Waals surface area contributed by atoms with Crippen molar-refractivity contribution in [1.82, 2.24) is 0 Å². The van der Waals surface area contributed by atoms with Gasteiger partial charge in [-0.2, -0.15) is 0 Å². The van der Waals surface area contributed by atoms with Crippen LogP contribution in [0, 0.1) is 6.92 Å². The van der Waals surface area contributed by atoms with Gasteiger partial charge in [-0.05, 0) is 61.6 Å². The third-order valence-corrected chi connectivity index (χ3v) is 7.31. The maximum absolute atomic E-state index is 13.1. The Morgan fingerprint density at radius 3 is 2.33 bits per heavy atom. The third-order valence-electron chi connectivity index (χ3n) is 5.09. The molecule has 0 heterocycles. The Balaban J connectivity index is 1.70. The maximum atomic E-state index is 13.1. The van der Waals surface area contributed by atoms with Crippen molar-refractivity contribution >= 4 is 9.84 Å². The van der Waals surface area contributed by atoms with Gasteiger partial charge in [0.2, 0.25) is 0 Å². The summed E-state index contributed by atoms with van der Waals surface area (Å²) in [5, 5.41) is -0.588. The van der Waals surface area contributed by atoms with E-state index in [4.69, 9.17) is 9.47 Å². The molecule has 3 rings (SSSR count). The van der Waals surface area contributed by atoms with Gasteiger partial charge in [-0.25, -0.2) is 8.42 Å². The molecule has 0 N–H and O–H groups in total. The van der Waals surface area contributed by atoms with Gasteiger partial charge in [-0.15, -0.1) is 0 Å². The van der Waals surface area contributed by atoms with E-state index in [9.17, 15) is 8.42 Å². The molecule has 0 amide bonds. The average molecular weight is 387 g/mol.